The summed E-state index contributed by atoms with van der Waals surface area (Å²) in [5, 5.41) is 22.4. The van der Waals surface area contributed by atoms with Crippen LogP contribution in [0, 0.1) is 0 Å². The fraction of sp³-hybridized carbons (Fsp3) is 0.318. The van der Waals surface area contributed by atoms with Gasteiger partial charge in [-0.25, -0.2) is 4.98 Å². The Morgan fingerprint density at radius 2 is 1.97 bits per heavy atom. The first-order chi connectivity index (χ1) is 14.4. The van der Waals surface area contributed by atoms with Gasteiger partial charge in [0.2, 0.25) is 5.95 Å². The molecule has 4 N–H and O–H groups in total. The second-order valence-corrected chi connectivity index (χ2v) is 8.38. The van der Waals surface area contributed by atoms with E-state index in [9.17, 15) is 5.11 Å². The van der Waals surface area contributed by atoms with Crippen LogP contribution in [0.3, 0.4) is 0 Å². The standard InChI is InChI=1S/C22H25N7O/c1-22(2,30)18-12-19(25-20-11-16(27-28-20)13-7-8-13)26-21(24-18)29(3)17-6-4-5-15-14(17)9-10-23-15/h4-6,9-13,23,30H,7-8H2,1-3H3,(H2,24,25,26,27,28). The molecule has 154 valence electrons. The van der Waals surface area contributed by atoms with Crippen molar-refractivity contribution in [3.05, 3.63) is 54.0 Å². The minimum atomic E-state index is -1.11. The van der Waals surface area contributed by atoms with Crippen molar-refractivity contribution in [1.29, 1.82) is 0 Å². The molecule has 1 aliphatic carbocycles. The monoisotopic (exact) mass is 403 g/mol. The average Bonchev–Trinajstić information content (AvgIpc) is 3.26. The number of aromatic nitrogens is 5. The van der Waals surface area contributed by atoms with Crippen molar-refractivity contribution in [3.8, 4) is 0 Å². The molecule has 3 heterocycles. The molecule has 1 aromatic carbocycles. The molecule has 8 nitrogen and oxygen atoms in total. The second kappa shape index (κ2) is 6.84. The molecule has 1 saturated carbocycles. The second-order valence-electron chi connectivity index (χ2n) is 8.38. The van der Waals surface area contributed by atoms with E-state index in [0.29, 0.717) is 29.2 Å². The first-order valence-corrected chi connectivity index (χ1v) is 10.1. The highest BCUT2D eigenvalue weighted by atomic mass is 16.3. The molecule has 0 saturated heterocycles. The normalized spacial score (nSPS) is 14.3. The lowest BCUT2D eigenvalue weighted by atomic mass is 10.1. The van der Waals surface area contributed by atoms with E-state index in [1.54, 1.807) is 19.9 Å². The molecule has 4 aromatic rings. The SMILES string of the molecule is CN(c1nc(Nc2cc(C3CC3)[nH]n2)cc(C(C)(C)O)n1)c1cccc2[nH]ccc12. The van der Waals surface area contributed by atoms with Crippen LogP contribution in [0.4, 0.5) is 23.3 Å². The highest BCUT2D eigenvalue weighted by Crippen LogP contribution is 2.40. The van der Waals surface area contributed by atoms with Crippen molar-refractivity contribution in [2.45, 2.75) is 38.2 Å². The summed E-state index contributed by atoms with van der Waals surface area (Å²) in [6.45, 7) is 3.44. The lowest BCUT2D eigenvalue weighted by Gasteiger charge is -2.23. The van der Waals surface area contributed by atoms with Crippen LogP contribution in [0.2, 0.25) is 0 Å². The maximum absolute atomic E-state index is 10.6. The van der Waals surface area contributed by atoms with Gasteiger partial charge in [0.1, 0.15) is 11.4 Å². The quantitative estimate of drug-likeness (QED) is 0.383. The number of nitrogens with zero attached hydrogens (tertiary/aromatic N) is 4. The molecule has 0 atom stereocenters. The Labute approximate surface area is 174 Å². The molecular formula is C22H25N7O. The Kier molecular flexibility index (Phi) is 4.25. The summed E-state index contributed by atoms with van der Waals surface area (Å²) in [6, 6.07) is 11.9. The number of nitrogens with one attached hydrogen (secondary N) is 3. The largest absolute Gasteiger partial charge is 0.384 e. The van der Waals surface area contributed by atoms with Crippen LogP contribution in [0.1, 0.15) is 44.0 Å². The highest BCUT2D eigenvalue weighted by Gasteiger charge is 2.26. The number of hydrogen-bond acceptors (Lipinski definition) is 6. The predicted molar refractivity (Wildman–Crippen MR) is 117 cm³/mol. The van der Waals surface area contributed by atoms with Gasteiger partial charge in [0.15, 0.2) is 5.82 Å². The molecule has 8 heteroatoms. The number of anilines is 4. The lowest BCUT2D eigenvalue weighted by molar-refractivity contribution is 0.0739. The van der Waals surface area contributed by atoms with Crippen LogP contribution in [-0.2, 0) is 5.60 Å². The number of H-pyrrole nitrogens is 2. The fourth-order valence-corrected chi connectivity index (χ4v) is 3.57. The topological polar surface area (TPSA) is 106 Å². The number of fused-ring (bicyclic) bond motifs is 1. The third-order valence-corrected chi connectivity index (χ3v) is 5.45. The van der Waals surface area contributed by atoms with Gasteiger partial charge in [0, 0.05) is 47.9 Å². The van der Waals surface area contributed by atoms with E-state index in [0.717, 1.165) is 22.3 Å². The van der Waals surface area contributed by atoms with E-state index in [4.69, 9.17) is 4.98 Å². The third kappa shape index (κ3) is 3.50. The van der Waals surface area contributed by atoms with Gasteiger partial charge in [0.25, 0.3) is 0 Å². The van der Waals surface area contributed by atoms with E-state index in [1.807, 2.05) is 48.5 Å². The predicted octanol–water partition coefficient (Wildman–Crippen LogP) is 4.30. The van der Waals surface area contributed by atoms with Gasteiger partial charge in [-0.15, -0.1) is 0 Å². The molecule has 1 aliphatic rings. The first kappa shape index (κ1) is 18.6. The van der Waals surface area contributed by atoms with Crippen molar-refractivity contribution in [3.63, 3.8) is 0 Å². The average molecular weight is 403 g/mol. The minimum Gasteiger partial charge on any atom is -0.384 e. The third-order valence-electron chi connectivity index (χ3n) is 5.45. The maximum Gasteiger partial charge on any atom is 0.231 e. The van der Waals surface area contributed by atoms with E-state index >= 15 is 0 Å². The van der Waals surface area contributed by atoms with Crippen LogP contribution in [0.15, 0.2) is 42.6 Å². The van der Waals surface area contributed by atoms with Gasteiger partial charge in [-0.05, 0) is 44.9 Å². The summed E-state index contributed by atoms with van der Waals surface area (Å²) in [7, 11) is 1.93. The van der Waals surface area contributed by atoms with Crippen molar-refractivity contribution >= 4 is 34.2 Å². The molecule has 0 radical (unpaired) electrons. The number of benzene rings is 1. The minimum absolute atomic E-state index is 0.490. The van der Waals surface area contributed by atoms with Crippen molar-refractivity contribution in [2.75, 3.05) is 17.3 Å². The van der Waals surface area contributed by atoms with Gasteiger partial charge in [0.05, 0.1) is 11.4 Å². The molecule has 3 aromatic heterocycles. The molecule has 0 spiro atoms. The van der Waals surface area contributed by atoms with Crippen molar-refractivity contribution < 1.29 is 5.11 Å². The molecule has 1 fully saturated rings. The Morgan fingerprint density at radius 3 is 2.73 bits per heavy atom. The van der Waals surface area contributed by atoms with Crippen LogP contribution in [0.25, 0.3) is 10.9 Å². The Balaban J connectivity index is 1.53. The summed E-state index contributed by atoms with van der Waals surface area (Å²) in [5.74, 6) is 2.37. The first-order valence-electron chi connectivity index (χ1n) is 10.1. The molecule has 0 bridgehead atoms. The Morgan fingerprint density at radius 1 is 1.13 bits per heavy atom. The van der Waals surface area contributed by atoms with E-state index < -0.39 is 5.60 Å². The van der Waals surface area contributed by atoms with E-state index in [1.165, 1.54) is 12.8 Å². The highest BCUT2D eigenvalue weighted by molar-refractivity contribution is 5.93. The van der Waals surface area contributed by atoms with Gasteiger partial charge < -0.3 is 20.3 Å². The van der Waals surface area contributed by atoms with E-state index in [-0.39, 0.29) is 0 Å². The van der Waals surface area contributed by atoms with E-state index in [2.05, 4.69) is 25.5 Å². The Bertz CT molecular complexity index is 1200. The zero-order valence-corrected chi connectivity index (χ0v) is 17.3. The van der Waals surface area contributed by atoms with Crippen LogP contribution >= 0.6 is 0 Å². The number of rotatable bonds is 6. The number of aromatic amines is 2. The zero-order chi connectivity index (χ0) is 20.9. The summed E-state index contributed by atoms with van der Waals surface area (Å²) < 4.78 is 0. The van der Waals surface area contributed by atoms with Gasteiger partial charge in [-0.1, -0.05) is 6.07 Å². The summed E-state index contributed by atoms with van der Waals surface area (Å²) >= 11 is 0. The smallest absolute Gasteiger partial charge is 0.231 e. The van der Waals surface area contributed by atoms with Gasteiger partial charge >= 0.3 is 0 Å². The number of aliphatic hydroxyl groups is 1. The van der Waals surface area contributed by atoms with Crippen LogP contribution < -0.4 is 10.2 Å². The number of hydrogen-bond donors (Lipinski definition) is 4. The molecule has 0 unspecified atom stereocenters. The summed E-state index contributed by atoms with van der Waals surface area (Å²) in [6.07, 6.45) is 4.33. The van der Waals surface area contributed by atoms with Gasteiger partial charge in [-0.2, -0.15) is 10.1 Å². The molecule has 5 rings (SSSR count). The molecule has 0 amide bonds. The Hall–Kier alpha value is -3.39. The zero-order valence-electron chi connectivity index (χ0n) is 17.3. The van der Waals surface area contributed by atoms with Crippen LogP contribution in [0.5, 0.6) is 0 Å². The molecule has 0 aliphatic heterocycles. The maximum atomic E-state index is 10.6. The molecule has 30 heavy (non-hydrogen) atoms. The summed E-state index contributed by atoms with van der Waals surface area (Å²) in [5.41, 5.74) is 2.58. The lowest BCUT2D eigenvalue weighted by Crippen LogP contribution is -2.22. The van der Waals surface area contributed by atoms with Crippen LogP contribution in [-0.4, -0.2) is 37.3 Å². The fourth-order valence-electron chi connectivity index (χ4n) is 3.57. The van der Waals surface area contributed by atoms with Crippen molar-refractivity contribution in [2.24, 2.45) is 0 Å². The van der Waals surface area contributed by atoms with Crippen molar-refractivity contribution in [1.82, 2.24) is 25.1 Å². The van der Waals surface area contributed by atoms with Gasteiger partial charge in [-0.3, -0.25) is 5.10 Å². The summed E-state index contributed by atoms with van der Waals surface area (Å²) in [4.78, 5) is 14.5. The molecular weight excluding hydrogens is 378 g/mol.